The van der Waals surface area contributed by atoms with E-state index in [2.05, 4.69) is 51.7 Å². The van der Waals surface area contributed by atoms with Gasteiger partial charge in [-0.1, -0.05) is 41.9 Å². The van der Waals surface area contributed by atoms with Gasteiger partial charge in [-0.2, -0.15) is 0 Å². The van der Waals surface area contributed by atoms with E-state index < -0.39 is 6.04 Å². The first-order valence-corrected chi connectivity index (χ1v) is 18.9. The number of aliphatic imine (C=N–C) groups is 1. The number of aromatic nitrogens is 3. The number of aromatic hydroxyl groups is 2. The molecule has 0 saturated carbocycles. The molecule has 3 aliphatic rings. The van der Waals surface area contributed by atoms with Crippen LogP contribution in [-0.4, -0.2) is 83.4 Å². The maximum absolute atomic E-state index is 14.0. The summed E-state index contributed by atoms with van der Waals surface area (Å²) < 4.78 is 2.08. The van der Waals surface area contributed by atoms with Crippen molar-refractivity contribution in [3.63, 3.8) is 0 Å². The van der Waals surface area contributed by atoms with Gasteiger partial charge in [0.25, 0.3) is 5.91 Å². The predicted octanol–water partition coefficient (Wildman–Crippen LogP) is 6.41. The summed E-state index contributed by atoms with van der Waals surface area (Å²) in [6.45, 7) is 12.2. The van der Waals surface area contributed by atoms with E-state index in [0.29, 0.717) is 42.6 Å². The number of halogens is 1. The monoisotopic (exact) mass is 749 g/mol. The van der Waals surface area contributed by atoms with E-state index in [1.54, 1.807) is 23.2 Å². The summed E-state index contributed by atoms with van der Waals surface area (Å²) in [5, 5.41) is 30.9. The van der Waals surface area contributed by atoms with Crippen molar-refractivity contribution in [3.8, 4) is 16.5 Å². The van der Waals surface area contributed by atoms with Crippen LogP contribution in [0.3, 0.4) is 0 Å². The molecule has 272 valence electrons. The highest BCUT2D eigenvalue weighted by Crippen LogP contribution is 2.40. The fourth-order valence-corrected chi connectivity index (χ4v) is 8.90. The number of phenols is 2. The van der Waals surface area contributed by atoms with Gasteiger partial charge in [0.05, 0.1) is 17.7 Å². The van der Waals surface area contributed by atoms with E-state index >= 15 is 0 Å². The van der Waals surface area contributed by atoms with Crippen LogP contribution in [0.5, 0.6) is 11.5 Å². The van der Waals surface area contributed by atoms with Crippen molar-refractivity contribution in [2.75, 3.05) is 26.2 Å². The Morgan fingerprint density at radius 2 is 1.60 bits per heavy atom. The molecular formula is C40H40ClN7O4S. The maximum atomic E-state index is 14.0. The summed E-state index contributed by atoms with van der Waals surface area (Å²) in [5.41, 5.74) is 8.01. The molecule has 3 aliphatic heterocycles. The molecule has 2 amide bonds. The molecule has 5 aromatic rings. The van der Waals surface area contributed by atoms with Crippen molar-refractivity contribution in [3.05, 3.63) is 121 Å². The second-order valence-corrected chi connectivity index (χ2v) is 15.8. The van der Waals surface area contributed by atoms with Crippen molar-refractivity contribution >= 4 is 40.5 Å². The second kappa shape index (κ2) is 13.7. The number of nitrogens with zero attached hydrogens (tertiary/aromatic N) is 7. The van der Waals surface area contributed by atoms with Crippen molar-refractivity contribution in [2.45, 2.75) is 59.8 Å². The second-order valence-electron chi connectivity index (χ2n) is 14.2. The van der Waals surface area contributed by atoms with Crippen LogP contribution >= 0.6 is 22.9 Å². The minimum Gasteiger partial charge on any atom is -0.508 e. The lowest BCUT2D eigenvalue weighted by Gasteiger charge is -2.35. The number of amides is 2. The van der Waals surface area contributed by atoms with Crippen molar-refractivity contribution in [1.82, 2.24) is 29.5 Å². The van der Waals surface area contributed by atoms with E-state index in [4.69, 9.17) is 16.6 Å². The highest BCUT2D eigenvalue weighted by atomic mass is 35.5. The third-order valence-electron chi connectivity index (χ3n) is 10.7. The van der Waals surface area contributed by atoms with Gasteiger partial charge in [-0.25, -0.2) is 0 Å². The molecule has 0 spiro atoms. The first-order valence-electron chi connectivity index (χ1n) is 17.7. The number of piperazine rings is 1. The molecular weight excluding hydrogens is 710 g/mol. The van der Waals surface area contributed by atoms with E-state index in [0.717, 1.165) is 69.6 Å². The third-order valence-corrected chi connectivity index (χ3v) is 12.1. The summed E-state index contributed by atoms with van der Waals surface area (Å²) in [6.07, 6.45) is 0.184. The average Bonchev–Trinajstić information content (AvgIpc) is 3.80. The van der Waals surface area contributed by atoms with Gasteiger partial charge in [0, 0.05) is 72.9 Å². The van der Waals surface area contributed by atoms with Crippen LogP contribution in [0.1, 0.15) is 78.3 Å². The topological polar surface area (TPSA) is 127 Å². The van der Waals surface area contributed by atoms with Crippen molar-refractivity contribution in [2.24, 2.45) is 4.99 Å². The van der Waals surface area contributed by atoms with Crippen LogP contribution in [0.2, 0.25) is 5.02 Å². The number of hydrogen-bond acceptors (Lipinski definition) is 9. The number of phenolic OH excluding ortho intramolecular Hbond substituents is 2. The fraction of sp³-hybridized carbons (Fsp3) is 0.325. The minimum absolute atomic E-state index is 0.0383. The van der Waals surface area contributed by atoms with Gasteiger partial charge in [-0.05, 0) is 73.7 Å². The Balaban J connectivity index is 0.940. The van der Waals surface area contributed by atoms with Gasteiger partial charge >= 0.3 is 0 Å². The van der Waals surface area contributed by atoms with Gasteiger partial charge in [0.15, 0.2) is 5.82 Å². The number of hydrogen-bond donors (Lipinski definition) is 2. The van der Waals surface area contributed by atoms with E-state index in [1.165, 1.54) is 17.0 Å². The van der Waals surface area contributed by atoms with E-state index in [9.17, 15) is 19.8 Å². The van der Waals surface area contributed by atoms with Gasteiger partial charge in [-0.15, -0.1) is 21.5 Å². The van der Waals surface area contributed by atoms with Crippen molar-refractivity contribution < 1.29 is 19.8 Å². The highest BCUT2D eigenvalue weighted by molar-refractivity contribution is 7.15. The fourth-order valence-electron chi connectivity index (χ4n) is 7.56. The zero-order valence-electron chi connectivity index (χ0n) is 30.1. The summed E-state index contributed by atoms with van der Waals surface area (Å²) in [6, 6.07) is 16.3. The molecule has 1 saturated heterocycles. The number of benzene rings is 3. The lowest BCUT2D eigenvalue weighted by atomic mass is 9.99. The molecule has 3 aromatic carbocycles. The zero-order chi connectivity index (χ0) is 37.1. The lowest BCUT2D eigenvalue weighted by Crippen LogP contribution is -2.48. The van der Waals surface area contributed by atoms with Crippen LogP contribution in [0.25, 0.3) is 5.00 Å². The van der Waals surface area contributed by atoms with Crippen molar-refractivity contribution in [1.29, 1.82) is 0 Å². The molecule has 11 nitrogen and oxygen atoms in total. The summed E-state index contributed by atoms with van der Waals surface area (Å²) in [7, 11) is 0. The molecule has 0 unspecified atom stereocenters. The van der Waals surface area contributed by atoms with Gasteiger partial charge in [0.1, 0.15) is 28.4 Å². The molecule has 2 N–H and O–H groups in total. The largest absolute Gasteiger partial charge is 0.508 e. The average molecular weight is 750 g/mol. The van der Waals surface area contributed by atoms with E-state index in [-0.39, 0.29) is 35.3 Å². The van der Waals surface area contributed by atoms with Gasteiger partial charge in [-0.3, -0.25) is 24.0 Å². The maximum Gasteiger partial charge on any atom is 0.258 e. The molecule has 1 fully saturated rings. The number of carbonyl (C=O) groups excluding carboxylic acids is 2. The predicted molar refractivity (Wildman–Crippen MR) is 204 cm³/mol. The lowest BCUT2D eigenvalue weighted by molar-refractivity contribution is -0.133. The smallest absolute Gasteiger partial charge is 0.258 e. The van der Waals surface area contributed by atoms with Crippen LogP contribution in [0.15, 0.2) is 59.6 Å². The van der Waals surface area contributed by atoms with Crippen LogP contribution in [0, 0.1) is 27.7 Å². The minimum atomic E-state index is -0.508. The summed E-state index contributed by atoms with van der Waals surface area (Å²) in [5.74, 6) is 0.941. The van der Waals surface area contributed by atoms with Crippen LogP contribution in [0.4, 0.5) is 0 Å². The van der Waals surface area contributed by atoms with Crippen LogP contribution in [-0.2, 0) is 24.4 Å². The van der Waals surface area contributed by atoms with Gasteiger partial charge in [0.2, 0.25) is 5.91 Å². The Hall–Kier alpha value is -5.04. The molecule has 8 rings (SSSR count). The molecule has 0 aliphatic carbocycles. The van der Waals surface area contributed by atoms with Crippen LogP contribution < -0.4 is 0 Å². The third kappa shape index (κ3) is 6.49. The number of carbonyl (C=O) groups is 2. The summed E-state index contributed by atoms with van der Waals surface area (Å²) >= 11 is 7.96. The normalized spacial score (nSPS) is 16.9. The quantitative estimate of drug-likeness (QED) is 0.206. The summed E-state index contributed by atoms with van der Waals surface area (Å²) in [4.78, 5) is 39.7. The molecule has 13 heteroatoms. The first kappa shape index (κ1) is 35.0. The number of aryl methyl sites for hydroxylation is 3. The Morgan fingerprint density at radius 1 is 0.868 bits per heavy atom. The molecule has 5 heterocycles. The SMILES string of the molecule is Cc1cc(C(=O)N2Cc3ccc(CN4CCN(C(=O)C[C@@H]5N=C(c6ccc(Cl)cc6)c6c(sc(C)c6C)-n6c(C)nnc65)CC4)cc3C2)c(O)cc1O. The Labute approximate surface area is 316 Å². The van der Waals surface area contributed by atoms with Gasteiger partial charge < -0.3 is 20.0 Å². The highest BCUT2D eigenvalue weighted by Gasteiger charge is 2.34. The molecule has 2 aromatic heterocycles. The molecule has 53 heavy (non-hydrogen) atoms. The molecule has 1 atom stereocenters. The van der Waals surface area contributed by atoms with E-state index in [1.807, 2.05) is 36.1 Å². The molecule has 0 radical (unpaired) electrons. The first-order chi connectivity index (χ1) is 25.4. The Kier molecular flexibility index (Phi) is 9.08. The zero-order valence-corrected chi connectivity index (χ0v) is 31.6. The molecule has 0 bridgehead atoms. The number of thiophene rings is 1. The Bertz CT molecular complexity index is 2310. The standard InChI is InChI=1S/C40H40ClN7O4S/c1-22-15-31(34(50)18-33(22)49)39(52)47-20-28-6-5-26(16-29(28)21-47)19-45-11-13-46(14-12-45)35(51)17-32-38-44-43-25(4)48(38)40-36(23(2)24(3)53-40)37(42-32)27-7-9-30(41)10-8-27/h5-10,15-16,18,32,49-50H,11-14,17,19-21H2,1-4H3/t32-/m0/s1. The Morgan fingerprint density at radius 3 is 2.36 bits per heavy atom. The number of rotatable bonds is 6. The number of fused-ring (bicyclic) bond motifs is 4.